The predicted octanol–water partition coefficient (Wildman–Crippen LogP) is 4.77. The highest BCUT2D eigenvalue weighted by molar-refractivity contribution is 6.36. The molecule has 33 heavy (non-hydrogen) atoms. The van der Waals surface area contributed by atoms with Gasteiger partial charge in [-0.15, -0.1) is 0 Å². The summed E-state index contributed by atoms with van der Waals surface area (Å²) in [6.45, 7) is 7.69. The van der Waals surface area contributed by atoms with Crippen molar-refractivity contribution in [3.05, 3.63) is 64.9 Å². The third-order valence-electron chi connectivity index (χ3n) is 5.78. The van der Waals surface area contributed by atoms with Crippen molar-refractivity contribution in [1.82, 2.24) is 4.90 Å². The number of hydrogen-bond donors (Lipinski definition) is 1. The summed E-state index contributed by atoms with van der Waals surface area (Å²) in [7, 11) is 3.96. The summed E-state index contributed by atoms with van der Waals surface area (Å²) in [5.74, 6) is -0.548. The van der Waals surface area contributed by atoms with Crippen LogP contribution in [-0.4, -0.2) is 50.6 Å². The second kappa shape index (κ2) is 11.1. The van der Waals surface area contributed by atoms with Crippen molar-refractivity contribution in [2.24, 2.45) is 0 Å². The summed E-state index contributed by atoms with van der Waals surface area (Å²) in [5, 5.41) is 3.24. The number of aryl methyl sites for hydroxylation is 2. The molecule has 6 heteroatoms. The molecule has 0 radical (unpaired) electrons. The van der Waals surface area contributed by atoms with E-state index in [2.05, 4.69) is 12.2 Å². The Morgan fingerprint density at radius 2 is 1.64 bits per heavy atom. The average molecular weight is 450 g/mol. The lowest BCUT2D eigenvalue weighted by Crippen LogP contribution is -2.34. The van der Waals surface area contributed by atoms with Gasteiger partial charge in [0.15, 0.2) is 0 Å². The molecule has 1 N–H and O–H groups in total. The number of unbranched alkanes of at least 4 members (excludes halogenated alkanes) is 1. The smallest absolute Gasteiger partial charge is 0.278 e. The number of nitrogens with one attached hydrogen (secondary N) is 1. The van der Waals surface area contributed by atoms with Crippen LogP contribution in [0.2, 0.25) is 0 Å². The fraction of sp³-hybridized carbons (Fsp3) is 0.407. The Kier molecular flexibility index (Phi) is 8.28. The number of carbonyl (C=O) groups is 2. The molecule has 3 rings (SSSR count). The van der Waals surface area contributed by atoms with Crippen molar-refractivity contribution in [2.45, 2.75) is 40.0 Å². The van der Waals surface area contributed by atoms with Crippen molar-refractivity contribution < 1.29 is 14.3 Å². The molecule has 2 aromatic rings. The van der Waals surface area contributed by atoms with Gasteiger partial charge in [0.25, 0.3) is 11.8 Å². The van der Waals surface area contributed by atoms with Gasteiger partial charge in [0.2, 0.25) is 0 Å². The quantitative estimate of drug-likeness (QED) is 0.396. The van der Waals surface area contributed by atoms with E-state index >= 15 is 0 Å². The zero-order chi connectivity index (χ0) is 24.0. The first-order valence-electron chi connectivity index (χ1n) is 11.6. The summed E-state index contributed by atoms with van der Waals surface area (Å²) in [6, 6.07) is 13.7. The molecular formula is C27H35N3O3. The van der Waals surface area contributed by atoms with Crippen LogP contribution in [0.25, 0.3) is 5.57 Å². The third-order valence-corrected chi connectivity index (χ3v) is 5.78. The third kappa shape index (κ3) is 5.82. The Labute approximate surface area is 197 Å². The van der Waals surface area contributed by atoms with Crippen LogP contribution in [0.5, 0.6) is 0 Å². The van der Waals surface area contributed by atoms with Crippen LogP contribution >= 0.6 is 0 Å². The van der Waals surface area contributed by atoms with Gasteiger partial charge in [-0.1, -0.05) is 37.1 Å². The Morgan fingerprint density at radius 3 is 2.27 bits per heavy atom. The lowest BCUT2D eigenvalue weighted by molar-refractivity contribution is -0.137. The highest BCUT2D eigenvalue weighted by atomic mass is 16.5. The average Bonchev–Trinajstić information content (AvgIpc) is 3.00. The van der Waals surface area contributed by atoms with Gasteiger partial charge in [-0.2, -0.15) is 0 Å². The van der Waals surface area contributed by atoms with Gasteiger partial charge >= 0.3 is 0 Å². The van der Waals surface area contributed by atoms with E-state index < -0.39 is 0 Å². The number of imide groups is 1. The Bertz CT molecular complexity index is 1030. The zero-order valence-electron chi connectivity index (χ0n) is 20.4. The normalized spacial score (nSPS) is 13.8. The highest BCUT2D eigenvalue weighted by Gasteiger charge is 2.39. The molecule has 0 atom stereocenters. The molecule has 0 saturated heterocycles. The molecular weight excluding hydrogens is 414 g/mol. The van der Waals surface area contributed by atoms with Crippen LogP contribution < -0.4 is 10.2 Å². The van der Waals surface area contributed by atoms with Gasteiger partial charge in [0.05, 0.1) is 5.57 Å². The van der Waals surface area contributed by atoms with Gasteiger partial charge in [-0.05, 0) is 62.1 Å². The molecule has 0 spiro atoms. The van der Waals surface area contributed by atoms with E-state index in [0.29, 0.717) is 37.4 Å². The molecule has 0 fully saturated rings. The number of rotatable bonds is 11. The number of hydrogen-bond acceptors (Lipinski definition) is 5. The number of anilines is 2. The zero-order valence-corrected chi connectivity index (χ0v) is 20.4. The predicted molar refractivity (Wildman–Crippen MR) is 134 cm³/mol. The molecule has 176 valence electrons. The van der Waals surface area contributed by atoms with Gasteiger partial charge in [-0.25, -0.2) is 0 Å². The number of benzene rings is 2. The van der Waals surface area contributed by atoms with Crippen molar-refractivity contribution >= 4 is 28.8 Å². The molecule has 1 aliphatic heterocycles. The molecule has 1 heterocycles. The number of amides is 2. The van der Waals surface area contributed by atoms with Crippen molar-refractivity contribution in [3.8, 4) is 0 Å². The minimum atomic E-state index is -0.291. The highest BCUT2D eigenvalue weighted by Crippen LogP contribution is 2.33. The summed E-state index contributed by atoms with van der Waals surface area (Å²) >= 11 is 0. The minimum Gasteiger partial charge on any atom is -0.381 e. The fourth-order valence-electron chi connectivity index (χ4n) is 3.90. The number of nitrogens with zero attached hydrogens (tertiary/aromatic N) is 2. The lowest BCUT2D eigenvalue weighted by atomic mass is 9.97. The van der Waals surface area contributed by atoms with Crippen molar-refractivity contribution in [1.29, 1.82) is 0 Å². The number of carbonyl (C=O) groups excluding carboxylic acids is 2. The number of ether oxygens (including phenoxy) is 1. The second-order valence-electron chi connectivity index (χ2n) is 8.72. The largest absolute Gasteiger partial charge is 0.381 e. The van der Waals surface area contributed by atoms with Crippen LogP contribution in [0.1, 0.15) is 42.9 Å². The van der Waals surface area contributed by atoms with E-state index in [1.807, 2.05) is 75.3 Å². The van der Waals surface area contributed by atoms with Gasteiger partial charge < -0.3 is 15.0 Å². The van der Waals surface area contributed by atoms with Gasteiger partial charge in [-0.3, -0.25) is 14.5 Å². The van der Waals surface area contributed by atoms with Crippen LogP contribution in [0.4, 0.5) is 11.4 Å². The van der Waals surface area contributed by atoms with E-state index in [4.69, 9.17) is 4.74 Å². The van der Waals surface area contributed by atoms with Crippen LogP contribution in [0, 0.1) is 13.8 Å². The molecule has 0 saturated carbocycles. The first kappa shape index (κ1) is 24.5. The van der Waals surface area contributed by atoms with E-state index in [1.165, 1.54) is 4.90 Å². The monoisotopic (exact) mass is 449 g/mol. The minimum absolute atomic E-state index is 0.257. The van der Waals surface area contributed by atoms with Crippen molar-refractivity contribution in [2.75, 3.05) is 44.1 Å². The molecule has 6 nitrogen and oxygen atoms in total. The molecule has 0 aliphatic carbocycles. The van der Waals surface area contributed by atoms with E-state index in [9.17, 15) is 9.59 Å². The summed E-state index contributed by atoms with van der Waals surface area (Å²) < 4.78 is 5.62. The molecule has 2 amide bonds. The maximum Gasteiger partial charge on any atom is 0.278 e. The fourth-order valence-corrected chi connectivity index (χ4v) is 3.90. The lowest BCUT2D eigenvalue weighted by Gasteiger charge is -2.16. The van der Waals surface area contributed by atoms with Crippen LogP contribution in [0.15, 0.2) is 48.2 Å². The van der Waals surface area contributed by atoms with E-state index in [-0.39, 0.29) is 11.8 Å². The maximum atomic E-state index is 13.4. The summed E-state index contributed by atoms with van der Waals surface area (Å²) in [4.78, 5) is 30.1. The Morgan fingerprint density at radius 1 is 0.939 bits per heavy atom. The van der Waals surface area contributed by atoms with Crippen LogP contribution in [0.3, 0.4) is 0 Å². The van der Waals surface area contributed by atoms with E-state index in [1.54, 1.807) is 0 Å². The molecule has 0 aromatic heterocycles. The van der Waals surface area contributed by atoms with Gasteiger partial charge in [0.1, 0.15) is 5.70 Å². The Balaban J connectivity index is 1.87. The maximum absolute atomic E-state index is 13.4. The first-order chi connectivity index (χ1) is 15.8. The van der Waals surface area contributed by atoms with Gasteiger partial charge in [0, 0.05) is 45.2 Å². The summed E-state index contributed by atoms with van der Waals surface area (Å²) in [6.07, 6.45) is 2.71. The molecule has 0 bridgehead atoms. The SMILES string of the molecule is CCCCOCCCN1C(=O)C(Nc2ccc(N(C)C)cc2)=C(c2ccc(C)cc2C)C1=O. The van der Waals surface area contributed by atoms with E-state index in [0.717, 1.165) is 40.9 Å². The second-order valence-corrected chi connectivity index (χ2v) is 8.72. The first-order valence-corrected chi connectivity index (χ1v) is 11.6. The standard InChI is InChI=1S/C27H35N3O3/c1-6-7-16-33-17-8-15-30-26(31)24(23-14-9-19(2)18-20(23)3)25(27(30)32)28-21-10-12-22(13-11-21)29(4)5/h9-14,18,28H,6-8,15-17H2,1-5H3. The molecule has 1 aliphatic rings. The topological polar surface area (TPSA) is 61.9 Å². The molecule has 2 aromatic carbocycles. The van der Waals surface area contributed by atoms with Crippen molar-refractivity contribution in [3.63, 3.8) is 0 Å². The molecule has 0 unspecified atom stereocenters. The summed E-state index contributed by atoms with van der Waals surface area (Å²) in [5.41, 5.74) is 5.46. The van der Waals surface area contributed by atoms with Crippen LogP contribution in [-0.2, 0) is 14.3 Å². The Hall–Kier alpha value is -3.12.